The molecule has 2 aromatic heterocycles. The lowest BCUT2D eigenvalue weighted by Gasteiger charge is -2.11. The van der Waals surface area contributed by atoms with Gasteiger partial charge < -0.3 is 4.74 Å². The number of fused-ring (bicyclic) bond motifs is 1. The summed E-state index contributed by atoms with van der Waals surface area (Å²) in [6, 6.07) is 16.2. The highest BCUT2D eigenvalue weighted by Gasteiger charge is 2.18. The van der Waals surface area contributed by atoms with Gasteiger partial charge in [0.2, 0.25) is 15.9 Å². The predicted molar refractivity (Wildman–Crippen MR) is 118 cm³/mol. The molecule has 2 aromatic carbocycles. The second kappa shape index (κ2) is 8.62. The zero-order chi connectivity index (χ0) is 22.0. The van der Waals surface area contributed by atoms with Gasteiger partial charge in [0, 0.05) is 23.2 Å². The minimum Gasteiger partial charge on any atom is -0.475 e. The first-order chi connectivity index (χ1) is 14.8. The van der Waals surface area contributed by atoms with Gasteiger partial charge in [0.05, 0.1) is 4.90 Å². The van der Waals surface area contributed by atoms with Gasteiger partial charge in [0.25, 0.3) is 0 Å². The normalized spacial score (nSPS) is 11.7. The standard InChI is InChI=1S/C21H20ClN5O3S/c1-14-13-18(15(2)12-17(14)22)31(28,29)23-10-11-30-20-9-8-19-24-25-21(27(19)26-20)16-6-4-3-5-7-16/h3-9,12-13,23H,10-11H2,1-2H3. The number of nitrogens with zero attached hydrogens (tertiary/aromatic N) is 4. The number of nitrogens with one attached hydrogen (secondary N) is 1. The molecule has 0 radical (unpaired) electrons. The van der Waals surface area contributed by atoms with Crippen LogP contribution in [0.5, 0.6) is 5.88 Å². The number of sulfonamides is 1. The van der Waals surface area contributed by atoms with Gasteiger partial charge in [-0.05, 0) is 43.2 Å². The third-order valence-corrected chi connectivity index (χ3v) is 6.67. The van der Waals surface area contributed by atoms with Crippen LogP contribution in [0.4, 0.5) is 0 Å². The highest BCUT2D eigenvalue weighted by Crippen LogP contribution is 2.23. The first kappa shape index (κ1) is 21.2. The van der Waals surface area contributed by atoms with Gasteiger partial charge in [-0.3, -0.25) is 0 Å². The molecule has 8 nitrogen and oxygen atoms in total. The van der Waals surface area contributed by atoms with Crippen molar-refractivity contribution in [2.75, 3.05) is 13.2 Å². The molecule has 10 heteroatoms. The predicted octanol–water partition coefficient (Wildman–Crippen LogP) is 3.42. The maximum Gasteiger partial charge on any atom is 0.240 e. The molecular formula is C21H20ClN5O3S. The zero-order valence-corrected chi connectivity index (χ0v) is 18.5. The molecule has 160 valence electrons. The van der Waals surface area contributed by atoms with E-state index >= 15 is 0 Å². The highest BCUT2D eigenvalue weighted by molar-refractivity contribution is 7.89. The van der Waals surface area contributed by atoms with Crippen LogP contribution in [0.15, 0.2) is 59.5 Å². The zero-order valence-electron chi connectivity index (χ0n) is 16.9. The number of rotatable bonds is 7. The fourth-order valence-electron chi connectivity index (χ4n) is 3.07. The second-order valence-electron chi connectivity index (χ2n) is 6.94. The minimum atomic E-state index is -3.69. The molecule has 0 spiro atoms. The molecule has 0 aliphatic rings. The van der Waals surface area contributed by atoms with Crippen molar-refractivity contribution in [2.24, 2.45) is 0 Å². The van der Waals surface area contributed by atoms with E-state index in [1.54, 1.807) is 42.6 Å². The molecule has 4 aromatic rings. The van der Waals surface area contributed by atoms with E-state index in [2.05, 4.69) is 20.0 Å². The number of ether oxygens (including phenoxy) is 1. The highest BCUT2D eigenvalue weighted by atomic mass is 35.5. The van der Waals surface area contributed by atoms with E-state index in [4.69, 9.17) is 16.3 Å². The first-order valence-corrected chi connectivity index (χ1v) is 11.4. The summed E-state index contributed by atoms with van der Waals surface area (Å²) in [5, 5.41) is 13.2. The van der Waals surface area contributed by atoms with Crippen LogP contribution in [0.25, 0.3) is 17.0 Å². The Hall–Kier alpha value is -3.01. The lowest BCUT2D eigenvalue weighted by molar-refractivity contribution is 0.306. The van der Waals surface area contributed by atoms with Crippen LogP contribution in [0, 0.1) is 13.8 Å². The maximum absolute atomic E-state index is 12.6. The van der Waals surface area contributed by atoms with Crippen LogP contribution >= 0.6 is 11.6 Å². The van der Waals surface area contributed by atoms with Gasteiger partial charge in [-0.2, -0.15) is 4.52 Å². The summed E-state index contributed by atoms with van der Waals surface area (Å²) >= 11 is 6.06. The fourth-order valence-corrected chi connectivity index (χ4v) is 4.61. The van der Waals surface area contributed by atoms with Crippen LogP contribution in [0.1, 0.15) is 11.1 Å². The van der Waals surface area contributed by atoms with E-state index in [0.29, 0.717) is 33.5 Å². The van der Waals surface area contributed by atoms with E-state index in [1.807, 2.05) is 30.3 Å². The molecule has 0 saturated heterocycles. The maximum atomic E-state index is 12.6. The Morgan fingerprint density at radius 2 is 1.81 bits per heavy atom. The van der Waals surface area contributed by atoms with Crippen LogP contribution in [0.2, 0.25) is 5.02 Å². The molecule has 1 N–H and O–H groups in total. The van der Waals surface area contributed by atoms with Gasteiger partial charge in [-0.1, -0.05) is 41.9 Å². The summed E-state index contributed by atoms with van der Waals surface area (Å²) < 4.78 is 35.0. The Labute approximate surface area is 184 Å². The van der Waals surface area contributed by atoms with Crippen molar-refractivity contribution in [1.29, 1.82) is 0 Å². The van der Waals surface area contributed by atoms with Gasteiger partial charge in [-0.25, -0.2) is 13.1 Å². The quantitative estimate of drug-likeness (QED) is 0.427. The second-order valence-corrected chi connectivity index (χ2v) is 9.09. The molecule has 4 rings (SSSR count). The van der Waals surface area contributed by atoms with E-state index in [-0.39, 0.29) is 18.0 Å². The average Bonchev–Trinajstić information content (AvgIpc) is 3.17. The summed E-state index contributed by atoms with van der Waals surface area (Å²) in [5.74, 6) is 0.928. The Kier molecular flexibility index (Phi) is 5.90. The topological polar surface area (TPSA) is 98.5 Å². The van der Waals surface area contributed by atoms with Gasteiger partial charge in [0.1, 0.15) is 6.61 Å². The van der Waals surface area contributed by atoms with Gasteiger partial charge >= 0.3 is 0 Å². The third kappa shape index (κ3) is 4.53. The van der Waals surface area contributed by atoms with Crippen molar-refractivity contribution in [3.05, 3.63) is 70.7 Å². The lowest BCUT2D eigenvalue weighted by atomic mass is 10.2. The van der Waals surface area contributed by atoms with Crippen molar-refractivity contribution in [3.8, 4) is 17.3 Å². The molecular weight excluding hydrogens is 438 g/mol. The van der Waals surface area contributed by atoms with Crippen molar-refractivity contribution in [2.45, 2.75) is 18.7 Å². The van der Waals surface area contributed by atoms with E-state index in [9.17, 15) is 8.42 Å². The largest absolute Gasteiger partial charge is 0.475 e. The molecule has 0 fully saturated rings. The summed E-state index contributed by atoms with van der Waals surface area (Å²) in [7, 11) is -3.69. The molecule has 0 atom stereocenters. The Morgan fingerprint density at radius 1 is 1.03 bits per heavy atom. The molecule has 2 heterocycles. The molecule has 0 aliphatic heterocycles. The number of halogens is 1. The minimum absolute atomic E-state index is 0.0802. The third-order valence-electron chi connectivity index (χ3n) is 4.66. The van der Waals surface area contributed by atoms with E-state index in [0.717, 1.165) is 5.56 Å². The monoisotopic (exact) mass is 457 g/mol. The van der Waals surface area contributed by atoms with Crippen LogP contribution in [-0.2, 0) is 10.0 Å². The Bertz CT molecular complexity index is 1340. The van der Waals surface area contributed by atoms with Gasteiger partial charge in [0.15, 0.2) is 11.5 Å². The number of aryl methyl sites for hydroxylation is 2. The molecule has 31 heavy (non-hydrogen) atoms. The first-order valence-electron chi connectivity index (χ1n) is 9.52. The SMILES string of the molecule is Cc1cc(S(=O)(=O)NCCOc2ccc3nnc(-c4ccccc4)n3n2)c(C)cc1Cl. The average molecular weight is 458 g/mol. The number of aromatic nitrogens is 4. The number of benzene rings is 2. The number of hydrogen-bond donors (Lipinski definition) is 1. The molecule has 0 aliphatic carbocycles. The molecule has 0 bridgehead atoms. The molecule has 0 amide bonds. The van der Waals surface area contributed by atoms with Gasteiger partial charge in [-0.15, -0.1) is 15.3 Å². The van der Waals surface area contributed by atoms with Crippen LogP contribution in [0.3, 0.4) is 0 Å². The Morgan fingerprint density at radius 3 is 2.58 bits per heavy atom. The van der Waals surface area contributed by atoms with Crippen LogP contribution in [-0.4, -0.2) is 41.4 Å². The summed E-state index contributed by atoms with van der Waals surface area (Å²) in [4.78, 5) is 0.200. The summed E-state index contributed by atoms with van der Waals surface area (Å²) in [6.45, 7) is 3.66. The van der Waals surface area contributed by atoms with Crippen molar-refractivity contribution in [3.63, 3.8) is 0 Å². The summed E-state index contributed by atoms with van der Waals surface area (Å²) in [5.41, 5.74) is 2.74. The fraction of sp³-hybridized carbons (Fsp3) is 0.190. The lowest BCUT2D eigenvalue weighted by Crippen LogP contribution is -2.29. The smallest absolute Gasteiger partial charge is 0.240 e. The Balaban J connectivity index is 1.44. The van der Waals surface area contributed by atoms with E-state index in [1.165, 1.54) is 0 Å². The number of hydrogen-bond acceptors (Lipinski definition) is 6. The van der Waals surface area contributed by atoms with Crippen molar-refractivity contribution in [1.82, 2.24) is 24.5 Å². The van der Waals surface area contributed by atoms with Crippen molar-refractivity contribution < 1.29 is 13.2 Å². The van der Waals surface area contributed by atoms with E-state index < -0.39 is 10.0 Å². The van der Waals surface area contributed by atoms with Crippen molar-refractivity contribution >= 4 is 27.3 Å². The molecule has 0 saturated carbocycles. The van der Waals surface area contributed by atoms with Crippen LogP contribution < -0.4 is 9.46 Å². The molecule has 0 unspecified atom stereocenters. The summed E-state index contributed by atoms with van der Waals surface area (Å²) in [6.07, 6.45) is 0.